The lowest BCUT2D eigenvalue weighted by atomic mass is 9.68. The summed E-state index contributed by atoms with van der Waals surface area (Å²) in [5.74, 6) is 0. The molecule has 8 aromatic rings. The molecule has 0 aliphatic carbocycles. The lowest BCUT2D eigenvalue weighted by Crippen LogP contribution is -2.24. The summed E-state index contributed by atoms with van der Waals surface area (Å²) >= 11 is 0. The van der Waals surface area contributed by atoms with Crippen LogP contribution < -0.4 is 10.7 Å². The first kappa shape index (κ1) is 35.6. The van der Waals surface area contributed by atoms with Gasteiger partial charge in [-0.2, -0.15) is 0 Å². The van der Waals surface area contributed by atoms with Crippen LogP contribution in [0.1, 0.15) is 52.7 Å². The molecule has 0 saturated heterocycles. The van der Waals surface area contributed by atoms with Crippen LogP contribution in [-0.2, 0) is 10.8 Å². The summed E-state index contributed by atoms with van der Waals surface area (Å²) < 4.78 is 0. The highest BCUT2D eigenvalue weighted by molar-refractivity contribution is 6.08. The number of nitrogens with zero attached hydrogens (tertiary/aromatic N) is 5. The number of aromatic nitrogens is 3. The van der Waals surface area contributed by atoms with Crippen LogP contribution in [0.3, 0.4) is 0 Å². The molecular formula is C53H43N5. The van der Waals surface area contributed by atoms with Crippen LogP contribution in [0.15, 0.2) is 162 Å². The third-order valence-corrected chi connectivity index (χ3v) is 11.5. The molecule has 1 aromatic heterocycles. The van der Waals surface area contributed by atoms with Gasteiger partial charge in [0.25, 0.3) is 0 Å². The van der Waals surface area contributed by atoms with Gasteiger partial charge in [0.1, 0.15) is 5.69 Å². The van der Waals surface area contributed by atoms with Crippen molar-refractivity contribution in [2.45, 2.75) is 52.4 Å². The minimum Gasteiger partial charge on any atom is -0.247 e. The maximum atomic E-state index is 5.61. The van der Waals surface area contributed by atoms with E-state index in [1.54, 1.807) is 0 Å². The second kappa shape index (κ2) is 13.4. The van der Waals surface area contributed by atoms with Gasteiger partial charge in [0.15, 0.2) is 0 Å². The molecule has 0 N–H and O–H groups in total. The van der Waals surface area contributed by atoms with E-state index in [-0.39, 0.29) is 10.8 Å². The monoisotopic (exact) mass is 749 g/mol. The summed E-state index contributed by atoms with van der Waals surface area (Å²) in [7, 11) is 0. The SMILES string of the molecule is CC(C)(C)c1c2c(c(-c3nnncc3-c3ccccc3-c3ccccc3-c3ccccc3)c(-c3ccccc3)c1C(C)(C)C)-c1c3c(ccc1=N2)=c1ccccc1=N3. The molecular weight excluding hydrogens is 707 g/mol. The summed E-state index contributed by atoms with van der Waals surface area (Å²) in [6.45, 7) is 13.9. The van der Waals surface area contributed by atoms with Crippen molar-refractivity contribution in [1.29, 1.82) is 0 Å². The first-order valence-electron chi connectivity index (χ1n) is 20.0. The maximum Gasteiger partial charge on any atom is 0.105 e. The molecule has 0 unspecified atom stereocenters. The predicted octanol–water partition coefficient (Wildman–Crippen LogP) is 12.3. The van der Waals surface area contributed by atoms with E-state index in [0.29, 0.717) is 0 Å². The quantitative estimate of drug-likeness (QED) is 0.176. The summed E-state index contributed by atoms with van der Waals surface area (Å²) in [5, 5.41) is 18.2. The van der Waals surface area contributed by atoms with E-state index in [2.05, 4.69) is 197 Å². The molecule has 0 radical (unpaired) electrons. The highest BCUT2D eigenvalue weighted by atomic mass is 15.3. The zero-order valence-corrected chi connectivity index (χ0v) is 33.7. The van der Waals surface area contributed by atoms with E-state index in [4.69, 9.17) is 15.1 Å². The average Bonchev–Trinajstić information content (AvgIpc) is 3.81. The van der Waals surface area contributed by atoms with Crippen molar-refractivity contribution in [3.8, 4) is 66.9 Å². The van der Waals surface area contributed by atoms with Crippen LogP contribution >= 0.6 is 0 Å². The molecule has 3 heterocycles. The lowest BCUT2D eigenvalue weighted by Gasteiger charge is -2.36. The molecule has 0 fully saturated rings. The first-order valence-corrected chi connectivity index (χ1v) is 20.0. The van der Waals surface area contributed by atoms with Gasteiger partial charge in [-0.25, -0.2) is 9.98 Å². The standard InChI is InChI=1S/C53H43N5/c1-52(2,3)47-43(33-21-11-8-12-22-33)45(46-44-42(56-51(46)48(47)53(4,5)6)30-29-39-38-27-17-18-28-41(38)55-49(39)44)50-40(31-54-58-57-50)37-26-16-15-25-36(37)35-24-14-13-23-34(35)32-19-9-7-10-20-32/h7-31H,1-6H3. The van der Waals surface area contributed by atoms with Gasteiger partial charge in [-0.3, -0.25) is 0 Å². The van der Waals surface area contributed by atoms with Crippen LogP contribution in [0.5, 0.6) is 0 Å². The molecule has 0 spiro atoms. The molecule has 0 amide bonds. The largest absolute Gasteiger partial charge is 0.247 e. The van der Waals surface area contributed by atoms with Gasteiger partial charge in [0.2, 0.25) is 0 Å². The molecule has 0 atom stereocenters. The van der Waals surface area contributed by atoms with Crippen molar-refractivity contribution < 1.29 is 0 Å². The third-order valence-electron chi connectivity index (χ3n) is 11.5. The highest BCUT2D eigenvalue weighted by Gasteiger charge is 2.39. The van der Waals surface area contributed by atoms with E-state index in [9.17, 15) is 0 Å². The summed E-state index contributed by atoms with van der Waals surface area (Å²) in [5.41, 5.74) is 16.4. The van der Waals surface area contributed by atoms with E-state index < -0.39 is 0 Å². The van der Waals surface area contributed by atoms with E-state index in [1.165, 1.54) is 11.1 Å². The molecule has 0 bridgehead atoms. The molecule has 2 aliphatic rings. The number of para-hydroxylation sites is 1. The Balaban J connectivity index is 1.38. The Morgan fingerprint density at radius 2 is 0.931 bits per heavy atom. The van der Waals surface area contributed by atoms with Crippen molar-refractivity contribution in [3.63, 3.8) is 0 Å². The lowest BCUT2D eigenvalue weighted by molar-refractivity contribution is 0.533. The predicted molar refractivity (Wildman–Crippen MR) is 236 cm³/mol. The second-order valence-corrected chi connectivity index (χ2v) is 17.3. The van der Waals surface area contributed by atoms with Crippen molar-refractivity contribution in [2.75, 3.05) is 0 Å². The number of benzene rings is 7. The molecule has 280 valence electrons. The van der Waals surface area contributed by atoms with E-state index in [0.717, 1.165) is 99.4 Å². The van der Waals surface area contributed by atoms with Gasteiger partial charge in [0, 0.05) is 32.7 Å². The van der Waals surface area contributed by atoms with Crippen LogP contribution in [-0.4, -0.2) is 15.4 Å². The normalized spacial score (nSPS) is 12.6. The Morgan fingerprint density at radius 1 is 0.379 bits per heavy atom. The number of fused-ring (bicyclic) bond motifs is 6. The fraction of sp³-hybridized carbons (Fsp3) is 0.151. The Hall–Kier alpha value is -6.85. The Labute approximate surface area is 338 Å². The van der Waals surface area contributed by atoms with Gasteiger partial charge >= 0.3 is 0 Å². The topological polar surface area (TPSA) is 63.4 Å². The average molecular weight is 750 g/mol. The molecule has 7 aromatic carbocycles. The minimum atomic E-state index is -0.280. The highest BCUT2D eigenvalue weighted by Crippen LogP contribution is 2.58. The Morgan fingerprint density at radius 3 is 1.60 bits per heavy atom. The Kier molecular flexibility index (Phi) is 8.20. The summed E-state index contributed by atoms with van der Waals surface area (Å²) in [6, 6.07) is 51.5. The van der Waals surface area contributed by atoms with Gasteiger partial charge < -0.3 is 0 Å². The Bertz CT molecular complexity index is 3170. The third kappa shape index (κ3) is 5.64. The van der Waals surface area contributed by atoms with Crippen molar-refractivity contribution >= 4 is 11.4 Å². The fourth-order valence-corrected chi connectivity index (χ4v) is 9.19. The number of rotatable bonds is 5. The van der Waals surface area contributed by atoms with E-state index in [1.807, 2.05) is 6.20 Å². The van der Waals surface area contributed by atoms with Crippen LogP contribution in [0, 0.1) is 10.4 Å². The van der Waals surface area contributed by atoms with Crippen LogP contribution in [0.2, 0.25) is 0 Å². The zero-order chi connectivity index (χ0) is 39.8. The van der Waals surface area contributed by atoms with E-state index >= 15 is 0 Å². The molecule has 10 rings (SSSR count). The number of hydrogen-bond acceptors (Lipinski definition) is 5. The van der Waals surface area contributed by atoms with Crippen molar-refractivity contribution in [2.24, 2.45) is 9.98 Å². The van der Waals surface area contributed by atoms with Gasteiger partial charge in [-0.15, -0.1) is 10.2 Å². The van der Waals surface area contributed by atoms with Gasteiger partial charge in [-0.05, 0) is 84.3 Å². The molecule has 2 aliphatic heterocycles. The maximum absolute atomic E-state index is 5.61. The molecule has 5 nitrogen and oxygen atoms in total. The summed E-state index contributed by atoms with van der Waals surface area (Å²) in [4.78, 5) is 11.0. The molecule has 5 heteroatoms. The second-order valence-electron chi connectivity index (χ2n) is 17.3. The van der Waals surface area contributed by atoms with Gasteiger partial charge in [0.05, 0.1) is 28.3 Å². The summed E-state index contributed by atoms with van der Waals surface area (Å²) in [6.07, 6.45) is 1.89. The van der Waals surface area contributed by atoms with Crippen LogP contribution in [0.4, 0.5) is 11.4 Å². The molecule has 0 saturated carbocycles. The minimum absolute atomic E-state index is 0.260. The fourth-order valence-electron chi connectivity index (χ4n) is 9.19. The van der Waals surface area contributed by atoms with Crippen LogP contribution in [0.25, 0.3) is 66.9 Å². The molecule has 58 heavy (non-hydrogen) atoms. The zero-order valence-electron chi connectivity index (χ0n) is 33.7. The van der Waals surface area contributed by atoms with Gasteiger partial charge in [-0.1, -0.05) is 169 Å². The smallest absolute Gasteiger partial charge is 0.105 e. The number of hydrogen-bond donors (Lipinski definition) is 0. The van der Waals surface area contributed by atoms with Crippen molar-refractivity contribution in [3.05, 3.63) is 184 Å². The van der Waals surface area contributed by atoms with Crippen molar-refractivity contribution in [1.82, 2.24) is 15.4 Å². The first-order chi connectivity index (χ1) is 28.1.